The highest BCUT2D eigenvalue weighted by atomic mass is 16.5. The van der Waals surface area contributed by atoms with Crippen molar-refractivity contribution in [3.05, 3.63) is 24.3 Å². The molecule has 0 saturated heterocycles. The smallest absolute Gasteiger partial charge is 0.243 e. The normalized spacial score (nSPS) is 12.6. The zero-order valence-electron chi connectivity index (χ0n) is 12.9. The predicted octanol–water partition coefficient (Wildman–Crippen LogP) is 1.58. The Labute approximate surface area is 125 Å². The summed E-state index contributed by atoms with van der Waals surface area (Å²) in [5.74, 6) is -0.385. The van der Waals surface area contributed by atoms with Crippen LogP contribution in [0.1, 0.15) is 20.8 Å². The average Bonchev–Trinajstić information content (AvgIpc) is 2.40. The zero-order valence-corrected chi connectivity index (χ0v) is 12.9. The summed E-state index contributed by atoms with van der Waals surface area (Å²) in [7, 11) is 1.49. The second-order valence-electron chi connectivity index (χ2n) is 5.83. The number of ether oxygens (including phenoxy) is 1. The molecule has 0 saturated carbocycles. The molecule has 0 aliphatic carbocycles. The van der Waals surface area contributed by atoms with Gasteiger partial charge in [0, 0.05) is 23.9 Å². The van der Waals surface area contributed by atoms with E-state index in [0.717, 1.165) is 0 Å². The molecule has 4 N–H and O–H groups in total. The summed E-state index contributed by atoms with van der Waals surface area (Å²) in [6, 6.07) is 6.14. The second-order valence-corrected chi connectivity index (χ2v) is 5.83. The lowest BCUT2D eigenvalue weighted by molar-refractivity contribution is -0.123. The molecule has 0 aromatic heterocycles. The van der Waals surface area contributed by atoms with Gasteiger partial charge in [-0.2, -0.15) is 0 Å². The third kappa shape index (κ3) is 5.53. The van der Waals surface area contributed by atoms with Crippen LogP contribution >= 0.6 is 0 Å². The van der Waals surface area contributed by atoms with Crippen molar-refractivity contribution in [2.24, 2.45) is 11.1 Å². The Balaban J connectivity index is 2.62. The molecule has 0 fully saturated rings. The minimum atomic E-state index is -0.713. The number of anilines is 2. The molecule has 1 atom stereocenters. The van der Waals surface area contributed by atoms with E-state index >= 15 is 0 Å². The first-order valence-electron chi connectivity index (χ1n) is 6.71. The molecule has 1 unspecified atom stereocenters. The van der Waals surface area contributed by atoms with E-state index in [4.69, 9.17) is 10.5 Å². The minimum Gasteiger partial charge on any atom is -0.383 e. The van der Waals surface area contributed by atoms with Gasteiger partial charge in [0.25, 0.3) is 0 Å². The van der Waals surface area contributed by atoms with Crippen molar-refractivity contribution in [2.45, 2.75) is 26.8 Å². The lowest BCUT2D eigenvalue weighted by atomic mass is 9.95. The zero-order chi connectivity index (χ0) is 16.0. The molecule has 0 aliphatic heterocycles. The van der Waals surface area contributed by atoms with E-state index in [1.54, 1.807) is 24.3 Å². The number of methoxy groups -OCH3 is 1. The average molecular weight is 293 g/mol. The van der Waals surface area contributed by atoms with E-state index in [1.807, 2.05) is 20.8 Å². The molecule has 6 heteroatoms. The van der Waals surface area contributed by atoms with Gasteiger partial charge < -0.3 is 21.1 Å². The van der Waals surface area contributed by atoms with Crippen molar-refractivity contribution in [2.75, 3.05) is 24.4 Å². The van der Waals surface area contributed by atoms with Crippen molar-refractivity contribution in [1.29, 1.82) is 0 Å². The maximum absolute atomic E-state index is 11.8. The van der Waals surface area contributed by atoms with Gasteiger partial charge in [0.2, 0.25) is 11.8 Å². The van der Waals surface area contributed by atoms with Gasteiger partial charge in [0.1, 0.15) is 6.04 Å². The highest BCUT2D eigenvalue weighted by Crippen LogP contribution is 2.19. The maximum Gasteiger partial charge on any atom is 0.243 e. The van der Waals surface area contributed by atoms with Gasteiger partial charge in [0.15, 0.2) is 0 Å². The topological polar surface area (TPSA) is 93.4 Å². The van der Waals surface area contributed by atoms with Gasteiger partial charge in [-0.25, -0.2) is 0 Å². The number of rotatable bonds is 5. The Kier molecular flexibility index (Phi) is 5.87. The number of amides is 2. The molecule has 116 valence electrons. The van der Waals surface area contributed by atoms with E-state index < -0.39 is 11.5 Å². The van der Waals surface area contributed by atoms with Crippen LogP contribution in [-0.4, -0.2) is 31.6 Å². The summed E-state index contributed by atoms with van der Waals surface area (Å²) in [6.45, 7) is 5.68. The summed E-state index contributed by atoms with van der Waals surface area (Å²) in [5, 5.41) is 5.49. The Morgan fingerprint density at radius 2 is 1.62 bits per heavy atom. The first kappa shape index (κ1) is 17.1. The molecule has 0 radical (unpaired) electrons. The number of benzene rings is 1. The van der Waals surface area contributed by atoms with Crippen molar-refractivity contribution in [1.82, 2.24) is 0 Å². The fourth-order valence-corrected chi connectivity index (χ4v) is 1.45. The minimum absolute atomic E-state index is 0.0681. The van der Waals surface area contributed by atoms with E-state index in [-0.39, 0.29) is 18.4 Å². The van der Waals surface area contributed by atoms with Crippen molar-refractivity contribution >= 4 is 23.2 Å². The summed E-state index contributed by atoms with van der Waals surface area (Å²) < 4.78 is 4.82. The highest BCUT2D eigenvalue weighted by Gasteiger charge is 2.21. The maximum atomic E-state index is 11.8. The first-order chi connectivity index (χ1) is 9.74. The fourth-order valence-electron chi connectivity index (χ4n) is 1.45. The first-order valence-corrected chi connectivity index (χ1v) is 6.71. The van der Waals surface area contributed by atoms with Crippen LogP contribution in [0.4, 0.5) is 11.4 Å². The van der Waals surface area contributed by atoms with Crippen LogP contribution < -0.4 is 16.4 Å². The van der Waals surface area contributed by atoms with Crippen LogP contribution in [0.2, 0.25) is 0 Å². The van der Waals surface area contributed by atoms with Crippen LogP contribution in [0.5, 0.6) is 0 Å². The Morgan fingerprint density at radius 1 is 1.14 bits per heavy atom. The summed E-state index contributed by atoms with van der Waals surface area (Å²) in [5.41, 5.74) is 6.45. The molecule has 0 heterocycles. The number of nitrogens with two attached hydrogens (primary N) is 1. The summed E-state index contributed by atoms with van der Waals surface area (Å²) in [6.07, 6.45) is 0. The summed E-state index contributed by atoms with van der Waals surface area (Å²) >= 11 is 0. The third-order valence-electron chi connectivity index (χ3n) is 2.77. The quantitative estimate of drug-likeness (QED) is 0.768. The Morgan fingerprint density at radius 3 is 2.05 bits per heavy atom. The molecular weight excluding hydrogens is 270 g/mol. The number of carbonyl (C=O) groups is 2. The molecule has 1 aromatic carbocycles. The van der Waals surface area contributed by atoms with Crippen LogP contribution in [0.15, 0.2) is 24.3 Å². The lowest BCUT2D eigenvalue weighted by Gasteiger charge is -2.18. The highest BCUT2D eigenvalue weighted by molar-refractivity contribution is 5.96. The van der Waals surface area contributed by atoms with Crippen molar-refractivity contribution < 1.29 is 14.3 Å². The number of carbonyl (C=O) groups excluding carboxylic acids is 2. The number of hydrogen-bond donors (Lipinski definition) is 3. The van der Waals surface area contributed by atoms with Crippen molar-refractivity contribution in [3.8, 4) is 0 Å². The van der Waals surface area contributed by atoms with Crippen LogP contribution in [0.25, 0.3) is 0 Å². The van der Waals surface area contributed by atoms with E-state index in [0.29, 0.717) is 11.4 Å². The molecule has 1 rings (SSSR count). The predicted molar refractivity (Wildman–Crippen MR) is 83.0 cm³/mol. The molecule has 0 spiro atoms. The molecular formula is C15H23N3O3. The van der Waals surface area contributed by atoms with Crippen LogP contribution in [0.3, 0.4) is 0 Å². The van der Waals surface area contributed by atoms with Gasteiger partial charge in [-0.1, -0.05) is 20.8 Å². The summed E-state index contributed by atoms with van der Waals surface area (Å²) in [4.78, 5) is 23.6. The van der Waals surface area contributed by atoms with Crippen LogP contribution in [0, 0.1) is 5.41 Å². The van der Waals surface area contributed by atoms with E-state index in [2.05, 4.69) is 10.6 Å². The molecule has 21 heavy (non-hydrogen) atoms. The number of hydrogen-bond acceptors (Lipinski definition) is 4. The SMILES string of the molecule is COCC(N)C(=O)Nc1ccc(NC(=O)C(C)(C)C)cc1. The van der Waals surface area contributed by atoms with Gasteiger partial charge in [-0.05, 0) is 24.3 Å². The monoisotopic (exact) mass is 293 g/mol. The van der Waals surface area contributed by atoms with Gasteiger partial charge in [-0.3, -0.25) is 9.59 Å². The third-order valence-corrected chi connectivity index (χ3v) is 2.77. The van der Waals surface area contributed by atoms with Gasteiger partial charge in [0.05, 0.1) is 6.61 Å². The molecule has 2 amide bonds. The molecule has 0 aliphatic rings. The van der Waals surface area contributed by atoms with E-state index in [1.165, 1.54) is 7.11 Å². The van der Waals surface area contributed by atoms with Crippen molar-refractivity contribution in [3.63, 3.8) is 0 Å². The van der Waals surface area contributed by atoms with Gasteiger partial charge >= 0.3 is 0 Å². The number of nitrogens with one attached hydrogen (secondary N) is 2. The molecule has 6 nitrogen and oxygen atoms in total. The largest absolute Gasteiger partial charge is 0.383 e. The Bertz CT molecular complexity index is 492. The Hall–Kier alpha value is -1.92. The van der Waals surface area contributed by atoms with Crippen LogP contribution in [-0.2, 0) is 14.3 Å². The lowest BCUT2D eigenvalue weighted by Crippen LogP contribution is -2.39. The second kappa shape index (κ2) is 7.19. The fraction of sp³-hybridized carbons (Fsp3) is 0.467. The molecule has 0 bridgehead atoms. The van der Waals surface area contributed by atoms with Gasteiger partial charge in [-0.15, -0.1) is 0 Å². The van der Waals surface area contributed by atoms with E-state index in [9.17, 15) is 9.59 Å². The molecule has 1 aromatic rings. The standard InChI is InChI=1S/C15H23N3O3/c1-15(2,3)14(20)18-11-7-5-10(6-8-11)17-13(19)12(16)9-21-4/h5-8,12H,9,16H2,1-4H3,(H,17,19)(H,18,20).